The van der Waals surface area contributed by atoms with Crippen LogP contribution in [-0.2, 0) is 15.4 Å². The highest BCUT2D eigenvalue weighted by Gasteiger charge is 2.11. The maximum atomic E-state index is 11.9. The van der Waals surface area contributed by atoms with E-state index in [0.29, 0.717) is 12.5 Å². The number of anilines is 1. The lowest BCUT2D eigenvalue weighted by molar-refractivity contribution is -0.120. The van der Waals surface area contributed by atoms with E-state index in [0.717, 1.165) is 28.4 Å². The molecule has 1 aromatic heterocycles. The molecule has 0 aliphatic rings. The Morgan fingerprint density at radius 2 is 2.24 bits per heavy atom. The van der Waals surface area contributed by atoms with Crippen molar-refractivity contribution >= 4 is 34.5 Å². The van der Waals surface area contributed by atoms with Gasteiger partial charge >= 0.3 is 0 Å². The lowest BCUT2D eigenvalue weighted by Crippen LogP contribution is -2.18. The largest absolute Gasteiger partial charge is 0.372 e. The highest BCUT2D eigenvalue weighted by molar-refractivity contribution is 7.13. The molecule has 0 bridgehead atoms. The lowest BCUT2D eigenvalue weighted by atomic mass is 10.2. The third-order valence-corrected chi connectivity index (χ3v) is 3.90. The van der Waals surface area contributed by atoms with E-state index < -0.39 is 0 Å². The Morgan fingerprint density at radius 1 is 1.43 bits per heavy atom. The van der Waals surface area contributed by atoms with Crippen LogP contribution in [0.25, 0.3) is 10.6 Å². The minimum Gasteiger partial charge on any atom is -0.372 e. The lowest BCUT2D eigenvalue weighted by Gasteiger charge is -2.09. The van der Waals surface area contributed by atoms with Gasteiger partial charge in [-0.1, -0.05) is 19.1 Å². The van der Waals surface area contributed by atoms with Crippen molar-refractivity contribution in [2.75, 3.05) is 18.5 Å². The van der Waals surface area contributed by atoms with E-state index in [1.165, 1.54) is 11.3 Å². The summed E-state index contributed by atoms with van der Waals surface area (Å²) in [6.07, 6.45) is 0.893. The highest BCUT2D eigenvalue weighted by Crippen LogP contribution is 2.30. The van der Waals surface area contributed by atoms with Gasteiger partial charge in [0, 0.05) is 17.6 Å². The molecule has 6 heteroatoms. The molecule has 0 unspecified atom stereocenters. The first-order valence-corrected chi connectivity index (χ1v) is 8.13. The van der Waals surface area contributed by atoms with Gasteiger partial charge in [-0.25, -0.2) is 4.98 Å². The van der Waals surface area contributed by atoms with Crippen LogP contribution >= 0.6 is 22.9 Å². The van der Waals surface area contributed by atoms with Crippen LogP contribution in [0, 0.1) is 0 Å². The molecule has 112 valence electrons. The Bertz CT molecular complexity index is 601. The Kier molecular flexibility index (Phi) is 6.17. The van der Waals surface area contributed by atoms with Crippen LogP contribution in [0.1, 0.15) is 19.0 Å². The number of para-hydroxylation sites is 1. The van der Waals surface area contributed by atoms with Crippen molar-refractivity contribution in [2.45, 2.75) is 19.2 Å². The molecule has 0 aliphatic heterocycles. The molecule has 4 nitrogen and oxygen atoms in total. The summed E-state index contributed by atoms with van der Waals surface area (Å²) < 4.78 is 5.24. The van der Waals surface area contributed by atoms with E-state index in [1.807, 2.05) is 36.6 Å². The number of carbonyl (C=O) groups is 1. The second-order valence-electron chi connectivity index (χ2n) is 4.42. The van der Waals surface area contributed by atoms with E-state index in [9.17, 15) is 4.79 Å². The highest BCUT2D eigenvalue weighted by atomic mass is 35.5. The van der Waals surface area contributed by atoms with E-state index in [4.69, 9.17) is 16.3 Å². The quantitative estimate of drug-likeness (QED) is 0.620. The zero-order chi connectivity index (χ0) is 15.1. The number of carbonyl (C=O) groups excluding carboxylic acids is 1. The molecular weight excluding hydrogens is 308 g/mol. The minimum atomic E-state index is -0.162. The number of halogens is 1. The predicted molar refractivity (Wildman–Crippen MR) is 86.8 cm³/mol. The average Bonchev–Trinajstić information content (AvgIpc) is 2.97. The molecule has 1 N–H and O–H groups in total. The third kappa shape index (κ3) is 4.52. The summed E-state index contributed by atoms with van der Waals surface area (Å²) in [6, 6.07) is 7.58. The zero-order valence-corrected chi connectivity index (χ0v) is 13.3. The molecule has 1 heterocycles. The maximum absolute atomic E-state index is 11.9. The van der Waals surface area contributed by atoms with Crippen molar-refractivity contribution in [3.05, 3.63) is 35.3 Å². The monoisotopic (exact) mass is 324 g/mol. The molecule has 1 amide bonds. The number of ether oxygens (including phenoxy) is 1. The van der Waals surface area contributed by atoms with E-state index in [2.05, 4.69) is 10.3 Å². The summed E-state index contributed by atoms with van der Waals surface area (Å²) in [5.74, 6) is 0.223. The van der Waals surface area contributed by atoms with Crippen LogP contribution in [0.15, 0.2) is 29.6 Å². The van der Waals surface area contributed by atoms with Gasteiger partial charge in [0.1, 0.15) is 11.6 Å². The Hall–Kier alpha value is -1.43. The molecule has 0 radical (unpaired) electrons. The number of hydrogen-bond donors (Lipinski definition) is 1. The number of alkyl halides is 1. The number of rotatable bonds is 7. The average molecular weight is 325 g/mol. The van der Waals surface area contributed by atoms with Crippen LogP contribution in [-0.4, -0.2) is 24.1 Å². The number of nitrogens with one attached hydrogen (secondary N) is 1. The fourth-order valence-electron chi connectivity index (χ4n) is 1.77. The smallest absolute Gasteiger partial charge is 0.250 e. The molecule has 1 aromatic carbocycles. The molecule has 0 saturated carbocycles. The predicted octanol–water partition coefficient (Wildman–Crippen LogP) is 3.91. The van der Waals surface area contributed by atoms with Gasteiger partial charge in [-0.2, -0.15) is 0 Å². The van der Waals surface area contributed by atoms with Gasteiger partial charge in [-0.15, -0.1) is 22.9 Å². The van der Waals surface area contributed by atoms with Gasteiger partial charge in [-0.3, -0.25) is 4.79 Å². The van der Waals surface area contributed by atoms with E-state index in [1.54, 1.807) is 0 Å². The first kappa shape index (κ1) is 15.9. The van der Waals surface area contributed by atoms with Crippen LogP contribution in [0.2, 0.25) is 0 Å². The first-order valence-electron chi connectivity index (χ1n) is 6.72. The zero-order valence-electron chi connectivity index (χ0n) is 11.8. The van der Waals surface area contributed by atoms with Crippen LogP contribution in [0.3, 0.4) is 0 Å². The number of nitrogens with zero attached hydrogens (tertiary/aromatic N) is 1. The molecule has 0 aliphatic carbocycles. The Morgan fingerprint density at radius 3 is 2.95 bits per heavy atom. The molecule has 21 heavy (non-hydrogen) atoms. The van der Waals surface area contributed by atoms with Crippen molar-refractivity contribution in [3.8, 4) is 10.6 Å². The SMILES string of the molecule is CCCOCC(=O)Nc1ccccc1-c1nc(CCl)cs1. The van der Waals surface area contributed by atoms with E-state index in [-0.39, 0.29) is 12.5 Å². The van der Waals surface area contributed by atoms with Gasteiger partial charge in [0.15, 0.2) is 0 Å². The summed E-state index contributed by atoms with van der Waals surface area (Å²) in [4.78, 5) is 16.3. The standard InChI is InChI=1S/C15H17ClN2O2S/c1-2-7-20-9-14(19)18-13-6-4-3-5-12(13)15-17-11(8-16)10-21-15/h3-6,10H,2,7-9H2,1H3,(H,18,19). The second kappa shape index (κ2) is 8.12. The molecule has 0 fully saturated rings. The van der Waals surface area contributed by atoms with Crippen molar-refractivity contribution in [2.24, 2.45) is 0 Å². The molecular formula is C15H17ClN2O2S. The fraction of sp³-hybridized carbons (Fsp3) is 0.333. The van der Waals surface area contributed by atoms with Crippen molar-refractivity contribution in [1.29, 1.82) is 0 Å². The number of hydrogen-bond acceptors (Lipinski definition) is 4. The van der Waals surface area contributed by atoms with Crippen LogP contribution in [0.5, 0.6) is 0 Å². The van der Waals surface area contributed by atoms with Crippen LogP contribution < -0.4 is 5.32 Å². The van der Waals surface area contributed by atoms with Crippen molar-refractivity contribution in [1.82, 2.24) is 4.98 Å². The summed E-state index contributed by atoms with van der Waals surface area (Å²) >= 11 is 7.29. The van der Waals surface area contributed by atoms with Gasteiger partial charge in [0.2, 0.25) is 5.91 Å². The molecule has 0 atom stereocenters. The van der Waals surface area contributed by atoms with Gasteiger partial charge in [0.25, 0.3) is 0 Å². The second-order valence-corrected chi connectivity index (χ2v) is 5.55. The van der Waals surface area contributed by atoms with E-state index >= 15 is 0 Å². The molecule has 2 aromatic rings. The summed E-state index contributed by atoms with van der Waals surface area (Å²) in [5.41, 5.74) is 2.46. The van der Waals surface area contributed by atoms with Gasteiger partial charge in [0.05, 0.1) is 17.3 Å². The first-order chi connectivity index (χ1) is 10.2. The normalized spacial score (nSPS) is 10.6. The topological polar surface area (TPSA) is 51.2 Å². The number of benzene rings is 1. The minimum absolute atomic E-state index is 0.0625. The van der Waals surface area contributed by atoms with Crippen molar-refractivity contribution in [3.63, 3.8) is 0 Å². The maximum Gasteiger partial charge on any atom is 0.250 e. The molecule has 0 spiro atoms. The van der Waals surface area contributed by atoms with Gasteiger partial charge < -0.3 is 10.1 Å². The fourth-order valence-corrected chi connectivity index (χ4v) is 2.85. The van der Waals surface area contributed by atoms with Crippen molar-refractivity contribution < 1.29 is 9.53 Å². The summed E-state index contributed by atoms with van der Waals surface area (Å²) in [5, 5.41) is 5.63. The number of aromatic nitrogens is 1. The Labute approximate surface area is 133 Å². The van der Waals surface area contributed by atoms with Gasteiger partial charge in [-0.05, 0) is 18.6 Å². The summed E-state index contributed by atoms with van der Waals surface area (Å²) in [7, 11) is 0. The molecule has 2 rings (SSSR count). The third-order valence-electron chi connectivity index (χ3n) is 2.70. The Balaban J connectivity index is 2.11. The number of amides is 1. The van der Waals surface area contributed by atoms with Crippen LogP contribution in [0.4, 0.5) is 5.69 Å². The summed E-state index contributed by atoms with van der Waals surface area (Å²) in [6.45, 7) is 2.65. The number of thiazole rings is 1. The molecule has 0 saturated heterocycles.